The molecule has 1 amide bonds. The minimum Gasteiger partial charge on any atom is -0.481 e. The number of carbonyl (C=O) groups excluding carboxylic acids is 1. The Labute approximate surface area is 102 Å². The summed E-state index contributed by atoms with van der Waals surface area (Å²) in [6.07, 6.45) is -0.297. The zero-order chi connectivity index (χ0) is 13.5. The third-order valence-electron chi connectivity index (χ3n) is 2.15. The van der Waals surface area contributed by atoms with Crippen LogP contribution in [0.4, 0.5) is 0 Å². The summed E-state index contributed by atoms with van der Waals surface area (Å²) in [7, 11) is 0. The lowest BCUT2D eigenvalue weighted by atomic mass is 10.0. The van der Waals surface area contributed by atoms with Crippen LogP contribution in [0.1, 0.15) is 33.6 Å². The first-order valence-corrected chi connectivity index (χ1v) is 5.65. The zero-order valence-corrected chi connectivity index (χ0v) is 10.7. The number of aliphatic carboxylic acids is 1. The molecule has 1 unspecified atom stereocenters. The first-order valence-electron chi connectivity index (χ1n) is 5.65. The van der Waals surface area contributed by atoms with E-state index >= 15 is 0 Å². The second-order valence-electron chi connectivity index (χ2n) is 4.52. The van der Waals surface area contributed by atoms with E-state index < -0.39 is 11.5 Å². The van der Waals surface area contributed by atoms with Crippen LogP contribution < -0.4 is 11.1 Å². The van der Waals surface area contributed by atoms with Crippen LogP contribution in [0.25, 0.3) is 0 Å². The molecule has 0 aromatic heterocycles. The number of carbonyl (C=O) groups is 2. The van der Waals surface area contributed by atoms with Crippen molar-refractivity contribution in [3.8, 4) is 0 Å². The van der Waals surface area contributed by atoms with Crippen LogP contribution in [0.3, 0.4) is 0 Å². The molecular formula is C11H22N2O4. The number of nitrogens with two attached hydrogens (primary N) is 1. The molecule has 0 aromatic carbocycles. The third kappa shape index (κ3) is 7.70. The lowest BCUT2D eigenvalue weighted by Gasteiger charge is -2.25. The highest BCUT2D eigenvalue weighted by Crippen LogP contribution is 2.09. The van der Waals surface area contributed by atoms with E-state index in [0.717, 1.165) is 0 Å². The molecule has 0 saturated heterocycles. The Bertz CT molecular complexity index is 266. The minimum atomic E-state index is -0.949. The van der Waals surface area contributed by atoms with Crippen molar-refractivity contribution in [2.75, 3.05) is 13.2 Å². The number of hydrogen-bond donors (Lipinski definition) is 3. The summed E-state index contributed by atoms with van der Waals surface area (Å²) in [6.45, 7) is 5.91. The monoisotopic (exact) mass is 246 g/mol. The fourth-order valence-corrected chi connectivity index (χ4v) is 1.50. The quantitative estimate of drug-likeness (QED) is 0.564. The van der Waals surface area contributed by atoms with Crippen LogP contribution >= 0.6 is 0 Å². The molecule has 4 N–H and O–H groups in total. The van der Waals surface area contributed by atoms with Crippen LogP contribution in [0.5, 0.6) is 0 Å². The van der Waals surface area contributed by atoms with E-state index in [4.69, 9.17) is 15.6 Å². The van der Waals surface area contributed by atoms with Crippen LogP contribution in [0.2, 0.25) is 0 Å². The number of nitrogens with one attached hydrogen (secondary N) is 1. The Morgan fingerprint density at radius 3 is 2.47 bits per heavy atom. The number of rotatable bonds is 8. The fourth-order valence-electron chi connectivity index (χ4n) is 1.50. The van der Waals surface area contributed by atoms with E-state index in [1.807, 2.05) is 6.92 Å². The van der Waals surface area contributed by atoms with Gasteiger partial charge >= 0.3 is 5.97 Å². The van der Waals surface area contributed by atoms with E-state index in [1.54, 1.807) is 13.8 Å². The number of hydrogen-bond acceptors (Lipinski definition) is 4. The van der Waals surface area contributed by atoms with Crippen molar-refractivity contribution in [3.05, 3.63) is 0 Å². The number of carboxylic acids is 1. The maximum absolute atomic E-state index is 11.6. The van der Waals surface area contributed by atoms with E-state index in [0.29, 0.717) is 6.61 Å². The van der Waals surface area contributed by atoms with Crippen LogP contribution in [0, 0.1) is 0 Å². The average Bonchev–Trinajstić information content (AvgIpc) is 2.13. The summed E-state index contributed by atoms with van der Waals surface area (Å²) in [6, 6.07) is 0. The Morgan fingerprint density at radius 1 is 1.47 bits per heavy atom. The summed E-state index contributed by atoms with van der Waals surface area (Å²) >= 11 is 0. The van der Waals surface area contributed by atoms with Gasteiger partial charge in [-0.25, -0.2) is 0 Å². The summed E-state index contributed by atoms with van der Waals surface area (Å²) < 4.78 is 5.26. The van der Waals surface area contributed by atoms with Gasteiger partial charge in [0.1, 0.15) is 0 Å². The predicted octanol–water partition coefficient (Wildman–Crippen LogP) is 0.110. The average molecular weight is 246 g/mol. The normalized spacial score (nSPS) is 13.2. The largest absolute Gasteiger partial charge is 0.481 e. The molecule has 0 saturated carbocycles. The number of carboxylic acid groups (broad SMARTS) is 1. The summed E-state index contributed by atoms with van der Waals surface area (Å²) in [5.41, 5.74) is 4.68. The molecule has 6 nitrogen and oxygen atoms in total. The number of amides is 1. The van der Waals surface area contributed by atoms with E-state index in [2.05, 4.69) is 5.32 Å². The molecule has 0 rings (SSSR count). The van der Waals surface area contributed by atoms with E-state index in [1.165, 1.54) is 0 Å². The second kappa shape index (κ2) is 7.24. The van der Waals surface area contributed by atoms with Crippen molar-refractivity contribution in [1.82, 2.24) is 5.32 Å². The van der Waals surface area contributed by atoms with E-state index in [-0.39, 0.29) is 31.4 Å². The molecule has 0 aliphatic heterocycles. The minimum absolute atomic E-state index is 0.124. The van der Waals surface area contributed by atoms with Crippen LogP contribution in [-0.4, -0.2) is 41.8 Å². The highest BCUT2D eigenvalue weighted by molar-refractivity contribution is 5.78. The van der Waals surface area contributed by atoms with Gasteiger partial charge in [-0.2, -0.15) is 0 Å². The van der Waals surface area contributed by atoms with Gasteiger partial charge in [-0.05, 0) is 20.8 Å². The summed E-state index contributed by atoms with van der Waals surface area (Å²) in [5, 5.41) is 11.3. The Morgan fingerprint density at radius 2 is 2.06 bits per heavy atom. The van der Waals surface area contributed by atoms with Crippen molar-refractivity contribution in [3.63, 3.8) is 0 Å². The summed E-state index contributed by atoms with van der Waals surface area (Å²) in [5.74, 6) is -1.20. The van der Waals surface area contributed by atoms with Gasteiger partial charge in [0.25, 0.3) is 0 Å². The first-order chi connectivity index (χ1) is 7.80. The lowest BCUT2D eigenvalue weighted by molar-refractivity contribution is -0.138. The van der Waals surface area contributed by atoms with Crippen LogP contribution in [-0.2, 0) is 14.3 Å². The second-order valence-corrected chi connectivity index (χ2v) is 4.52. The molecule has 0 radical (unpaired) electrons. The lowest BCUT2D eigenvalue weighted by Crippen LogP contribution is -2.46. The summed E-state index contributed by atoms with van der Waals surface area (Å²) in [4.78, 5) is 22.2. The topological polar surface area (TPSA) is 102 Å². The molecule has 6 heteroatoms. The molecule has 0 spiro atoms. The number of ether oxygens (including phenoxy) is 1. The Balaban J connectivity index is 4.19. The molecule has 0 bridgehead atoms. The molecule has 0 aliphatic carbocycles. The van der Waals surface area contributed by atoms with Crippen molar-refractivity contribution in [1.29, 1.82) is 0 Å². The fraction of sp³-hybridized carbons (Fsp3) is 0.818. The van der Waals surface area contributed by atoms with Gasteiger partial charge < -0.3 is 20.9 Å². The van der Waals surface area contributed by atoms with Crippen molar-refractivity contribution >= 4 is 11.9 Å². The van der Waals surface area contributed by atoms with Crippen molar-refractivity contribution in [2.45, 2.75) is 45.3 Å². The van der Waals surface area contributed by atoms with Gasteiger partial charge in [0.15, 0.2) is 0 Å². The van der Waals surface area contributed by atoms with Gasteiger partial charge in [0.2, 0.25) is 5.91 Å². The predicted molar refractivity (Wildman–Crippen MR) is 63.6 cm³/mol. The third-order valence-corrected chi connectivity index (χ3v) is 2.15. The molecule has 0 aliphatic rings. The van der Waals surface area contributed by atoms with Crippen molar-refractivity contribution in [2.24, 2.45) is 5.73 Å². The molecule has 1 atom stereocenters. The standard InChI is InChI=1S/C11H22N2O4/c1-4-17-8(7-12)5-9(14)13-11(2,3)6-10(15)16/h8H,4-7,12H2,1-3H3,(H,13,14)(H,15,16). The van der Waals surface area contributed by atoms with Crippen molar-refractivity contribution < 1.29 is 19.4 Å². The smallest absolute Gasteiger partial charge is 0.305 e. The first kappa shape index (κ1) is 15.9. The molecule has 100 valence electrons. The molecule has 0 fully saturated rings. The highest BCUT2D eigenvalue weighted by atomic mass is 16.5. The van der Waals surface area contributed by atoms with Gasteiger partial charge in [-0.1, -0.05) is 0 Å². The SMILES string of the molecule is CCOC(CN)CC(=O)NC(C)(C)CC(=O)O. The maximum atomic E-state index is 11.6. The van der Waals surface area contributed by atoms with Gasteiger partial charge in [0, 0.05) is 18.7 Å². The maximum Gasteiger partial charge on any atom is 0.305 e. The van der Waals surface area contributed by atoms with Gasteiger partial charge in [-0.15, -0.1) is 0 Å². The van der Waals surface area contributed by atoms with Crippen LogP contribution in [0.15, 0.2) is 0 Å². The Kier molecular flexibility index (Phi) is 6.75. The van der Waals surface area contributed by atoms with Gasteiger partial charge in [0.05, 0.1) is 18.9 Å². The molecule has 17 heavy (non-hydrogen) atoms. The van der Waals surface area contributed by atoms with E-state index in [9.17, 15) is 9.59 Å². The zero-order valence-electron chi connectivity index (χ0n) is 10.7. The molecular weight excluding hydrogens is 224 g/mol. The highest BCUT2D eigenvalue weighted by Gasteiger charge is 2.24. The Hall–Kier alpha value is -1.14. The van der Waals surface area contributed by atoms with Gasteiger partial charge in [-0.3, -0.25) is 9.59 Å². The molecule has 0 aromatic rings. The molecule has 0 heterocycles.